The largest absolute Gasteiger partial charge is 0.289 e. The van der Waals surface area contributed by atoms with E-state index in [1.165, 1.54) is 24.3 Å². The molecule has 0 unspecified atom stereocenters. The number of hydrogen-bond donors (Lipinski definition) is 0. The average Bonchev–Trinajstić information content (AvgIpc) is 2.45. The first kappa shape index (κ1) is 15.2. The van der Waals surface area contributed by atoms with Crippen molar-refractivity contribution in [2.45, 2.75) is 19.6 Å². The number of carbonyl (C=O) groups is 1. The molecule has 0 aliphatic heterocycles. The topological polar surface area (TPSA) is 17.1 Å². The number of carbonyl (C=O) groups excluding carboxylic acids is 1. The molecule has 0 atom stereocenters. The van der Waals surface area contributed by atoms with E-state index in [9.17, 15) is 9.18 Å². The summed E-state index contributed by atoms with van der Waals surface area (Å²) in [5.74, 6) is 2.68. The fourth-order valence-electron chi connectivity index (χ4n) is 1.77. The molecule has 106 valence electrons. The van der Waals surface area contributed by atoms with Gasteiger partial charge < -0.3 is 0 Å². The molecule has 2 aromatic rings. The van der Waals surface area contributed by atoms with E-state index in [2.05, 4.69) is 31.1 Å². The third kappa shape index (κ3) is 4.40. The summed E-state index contributed by atoms with van der Waals surface area (Å²) in [5, 5.41) is 0. The van der Waals surface area contributed by atoms with Crippen molar-refractivity contribution in [3.05, 3.63) is 71.0 Å². The van der Waals surface area contributed by atoms with Gasteiger partial charge in [0.05, 0.1) is 0 Å². The quantitative estimate of drug-likeness (QED) is 0.459. The van der Waals surface area contributed by atoms with Crippen LogP contribution in [-0.2, 0) is 0 Å². The molecule has 2 rings (SSSR count). The van der Waals surface area contributed by atoms with Gasteiger partial charge in [-0.25, -0.2) is 4.39 Å². The zero-order valence-corrected chi connectivity index (χ0v) is 13.4. The molecule has 0 radical (unpaired) electrons. The lowest BCUT2D eigenvalue weighted by atomic mass is 10.0. The first-order valence-electron chi connectivity index (χ1n) is 6.79. The van der Waals surface area contributed by atoms with Crippen LogP contribution in [-0.4, -0.2) is 13.9 Å². The summed E-state index contributed by atoms with van der Waals surface area (Å²) in [7, 11) is -1.44. The first-order chi connectivity index (χ1) is 9.85. The Morgan fingerprint density at radius 3 is 2.29 bits per heavy atom. The molecule has 0 fully saturated rings. The molecule has 0 bridgehead atoms. The maximum absolute atomic E-state index is 12.9. The number of hydrogen-bond acceptors (Lipinski definition) is 1. The highest BCUT2D eigenvalue weighted by Crippen LogP contribution is 2.12. The van der Waals surface area contributed by atoms with Crippen LogP contribution in [0.2, 0.25) is 19.6 Å². The van der Waals surface area contributed by atoms with Gasteiger partial charge in [0.2, 0.25) is 0 Å². The molecule has 0 amide bonds. The minimum absolute atomic E-state index is 0.119. The SMILES string of the molecule is C[Si](C)(C)C#Cc1cccc(C(=O)c2ccc(F)cc2)c1. The predicted molar refractivity (Wildman–Crippen MR) is 86.5 cm³/mol. The highest BCUT2D eigenvalue weighted by atomic mass is 28.3. The van der Waals surface area contributed by atoms with Crippen LogP contribution >= 0.6 is 0 Å². The molecular formula is C18H17FOSi. The molecule has 21 heavy (non-hydrogen) atoms. The van der Waals surface area contributed by atoms with Gasteiger partial charge in [-0.2, -0.15) is 0 Å². The van der Waals surface area contributed by atoms with Crippen LogP contribution in [0.15, 0.2) is 48.5 Å². The molecule has 0 aromatic heterocycles. The maximum atomic E-state index is 12.9. The zero-order chi connectivity index (χ0) is 15.5. The molecule has 0 N–H and O–H groups in total. The van der Waals surface area contributed by atoms with E-state index in [-0.39, 0.29) is 11.6 Å². The van der Waals surface area contributed by atoms with Crippen molar-refractivity contribution in [2.75, 3.05) is 0 Å². The van der Waals surface area contributed by atoms with Crippen LogP contribution in [0.1, 0.15) is 21.5 Å². The summed E-state index contributed by atoms with van der Waals surface area (Å²) < 4.78 is 12.9. The van der Waals surface area contributed by atoms with Gasteiger partial charge in [0.15, 0.2) is 5.78 Å². The highest BCUT2D eigenvalue weighted by molar-refractivity contribution is 6.83. The molecule has 0 aliphatic rings. The molecule has 0 heterocycles. The highest BCUT2D eigenvalue weighted by Gasteiger charge is 2.10. The summed E-state index contributed by atoms with van der Waals surface area (Å²) in [6.07, 6.45) is 0. The number of rotatable bonds is 2. The zero-order valence-electron chi connectivity index (χ0n) is 12.4. The van der Waals surface area contributed by atoms with Gasteiger partial charge in [-0.1, -0.05) is 37.7 Å². The van der Waals surface area contributed by atoms with Crippen LogP contribution in [0.4, 0.5) is 4.39 Å². The first-order valence-corrected chi connectivity index (χ1v) is 10.3. The number of halogens is 1. The molecule has 2 aromatic carbocycles. The average molecular weight is 296 g/mol. The molecule has 0 saturated carbocycles. The normalized spacial score (nSPS) is 10.7. The van der Waals surface area contributed by atoms with Gasteiger partial charge in [-0.3, -0.25) is 4.79 Å². The van der Waals surface area contributed by atoms with Crippen molar-refractivity contribution < 1.29 is 9.18 Å². The summed E-state index contributed by atoms with van der Waals surface area (Å²) in [4.78, 5) is 12.3. The lowest BCUT2D eigenvalue weighted by Crippen LogP contribution is -2.16. The molecular weight excluding hydrogens is 279 g/mol. The van der Waals surface area contributed by atoms with Crippen molar-refractivity contribution in [3.8, 4) is 11.5 Å². The van der Waals surface area contributed by atoms with E-state index in [1.54, 1.807) is 12.1 Å². The van der Waals surface area contributed by atoms with Crippen LogP contribution in [0.5, 0.6) is 0 Å². The van der Waals surface area contributed by atoms with Crippen LogP contribution in [0.25, 0.3) is 0 Å². The minimum atomic E-state index is -1.44. The van der Waals surface area contributed by atoms with Gasteiger partial charge in [0.1, 0.15) is 13.9 Å². The smallest absolute Gasteiger partial charge is 0.193 e. The van der Waals surface area contributed by atoms with E-state index in [4.69, 9.17) is 0 Å². The van der Waals surface area contributed by atoms with Crippen LogP contribution in [0.3, 0.4) is 0 Å². The number of benzene rings is 2. The molecule has 0 spiro atoms. The molecule has 3 heteroatoms. The van der Waals surface area contributed by atoms with Crippen molar-refractivity contribution in [1.29, 1.82) is 0 Å². The van der Waals surface area contributed by atoms with E-state index in [1.807, 2.05) is 12.1 Å². The Labute approximate surface area is 125 Å². The van der Waals surface area contributed by atoms with Gasteiger partial charge in [0, 0.05) is 16.7 Å². The second kappa shape index (κ2) is 6.07. The van der Waals surface area contributed by atoms with Crippen LogP contribution < -0.4 is 0 Å². The van der Waals surface area contributed by atoms with Crippen molar-refractivity contribution >= 4 is 13.9 Å². The van der Waals surface area contributed by atoms with Crippen LogP contribution in [0, 0.1) is 17.3 Å². The molecule has 0 saturated heterocycles. The predicted octanol–water partition coefficient (Wildman–Crippen LogP) is 4.29. The molecule has 1 nitrogen and oxygen atoms in total. The van der Waals surface area contributed by atoms with Gasteiger partial charge >= 0.3 is 0 Å². The Morgan fingerprint density at radius 1 is 1.00 bits per heavy atom. The van der Waals surface area contributed by atoms with E-state index >= 15 is 0 Å². The Kier molecular flexibility index (Phi) is 4.39. The van der Waals surface area contributed by atoms with Crippen molar-refractivity contribution in [2.24, 2.45) is 0 Å². The van der Waals surface area contributed by atoms with E-state index in [0.29, 0.717) is 11.1 Å². The standard InChI is InChI=1S/C18H17FOSi/c1-21(2,3)12-11-14-5-4-6-16(13-14)18(20)15-7-9-17(19)10-8-15/h4-10,13H,1-3H3. The second-order valence-corrected chi connectivity index (χ2v) is 10.7. The summed E-state index contributed by atoms with van der Waals surface area (Å²) >= 11 is 0. The monoisotopic (exact) mass is 296 g/mol. The third-order valence-electron chi connectivity index (χ3n) is 2.81. The fraction of sp³-hybridized carbons (Fsp3) is 0.167. The fourth-order valence-corrected chi connectivity index (χ4v) is 2.29. The van der Waals surface area contributed by atoms with E-state index < -0.39 is 8.07 Å². The van der Waals surface area contributed by atoms with Crippen molar-refractivity contribution in [3.63, 3.8) is 0 Å². The van der Waals surface area contributed by atoms with Gasteiger partial charge in [-0.05, 0) is 36.4 Å². The van der Waals surface area contributed by atoms with Gasteiger partial charge in [0.25, 0.3) is 0 Å². The molecule has 0 aliphatic carbocycles. The maximum Gasteiger partial charge on any atom is 0.193 e. The summed E-state index contributed by atoms with van der Waals surface area (Å²) in [6, 6.07) is 12.9. The third-order valence-corrected chi connectivity index (χ3v) is 3.69. The Bertz CT molecular complexity index is 715. The van der Waals surface area contributed by atoms with E-state index in [0.717, 1.165) is 5.56 Å². The lowest BCUT2D eigenvalue weighted by Gasteiger charge is -2.04. The Hall–Kier alpha value is -2.18. The minimum Gasteiger partial charge on any atom is -0.289 e. The Morgan fingerprint density at radius 2 is 1.67 bits per heavy atom. The summed E-state index contributed by atoms with van der Waals surface area (Å²) in [5.41, 5.74) is 5.17. The summed E-state index contributed by atoms with van der Waals surface area (Å²) in [6.45, 7) is 6.52. The van der Waals surface area contributed by atoms with Gasteiger partial charge in [-0.15, -0.1) is 5.54 Å². The Balaban J connectivity index is 2.30. The van der Waals surface area contributed by atoms with Crippen molar-refractivity contribution in [1.82, 2.24) is 0 Å². The number of ketones is 1. The lowest BCUT2D eigenvalue weighted by molar-refractivity contribution is 0.103. The second-order valence-electron chi connectivity index (χ2n) is 5.92.